The predicted molar refractivity (Wildman–Crippen MR) is 143 cm³/mol. The summed E-state index contributed by atoms with van der Waals surface area (Å²) in [4.78, 5) is 40.9. The minimum Gasteiger partial charge on any atom is -0.530 e. The minimum absolute atomic E-state index is 0.149. The molecule has 1 aliphatic carbocycles. The highest BCUT2D eigenvalue weighted by atomic mass is 19.3. The normalized spacial score (nSPS) is 19.4. The summed E-state index contributed by atoms with van der Waals surface area (Å²) in [5.41, 5.74) is 1.64. The summed E-state index contributed by atoms with van der Waals surface area (Å²) < 4.78 is 33.4. The van der Waals surface area contributed by atoms with Crippen LogP contribution in [0.25, 0.3) is 22.3 Å². The molecule has 1 saturated carbocycles. The predicted octanol–water partition coefficient (Wildman–Crippen LogP) is 4.71. The van der Waals surface area contributed by atoms with E-state index in [1.165, 1.54) is 23.4 Å². The van der Waals surface area contributed by atoms with E-state index in [9.17, 15) is 23.5 Å². The lowest BCUT2D eigenvalue weighted by molar-refractivity contribution is -0.266. The van der Waals surface area contributed by atoms with Gasteiger partial charge in [-0.3, -0.25) is 4.79 Å². The lowest BCUT2D eigenvalue weighted by Crippen LogP contribution is -2.53. The summed E-state index contributed by atoms with van der Waals surface area (Å²) in [6.07, 6.45) is 0.00951. The van der Waals surface area contributed by atoms with E-state index >= 15 is 0 Å². The molecular formula is C29H34F2N5O4-. The van der Waals surface area contributed by atoms with Gasteiger partial charge >= 0.3 is 0 Å². The number of carboxylic acid groups (broad SMARTS) is 1. The number of carbonyl (C=O) groups excluding carboxylic acids is 2. The van der Waals surface area contributed by atoms with Gasteiger partial charge in [0.05, 0.1) is 23.7 Å². The maximum Gasteiger partial charge on any atom is 0.263 e. The molecule has 40 heavy (non-hydrogen) atoms. The number of aromatic amines is 1. The standard InChI is InChI=1S/C29H35F2N5O4/c1-15-10-19(12-35(15)28(38)39)36(29(3,4)5)27(37)22-16(2)34-25-23(32-14-33-24(22)25)20-11-18(26(30)31)8-9-21(20)40-13-17-6-7-17/h8-9,11,14-15,17,19,26,34H,6-7,10,12-13H2,1-5H3,(H,38,39)/p-1/t15-,19-/m0/s1. The largest absolute Gasteiger partial charge is 0.530 e. The lowest BCUT2D eigenvalue weighted by Gasteiger charge is -2.40. The molecule has 3 heterocycles. The third-order valence-corrected chi connectivity index (χ3v) is 7.76. The zero-order valence-electron chi connectivity index (χ0n) is 23.3. The van der Waals surface area contributed by atoms with Crippen LogP contribution in [-0.2, 0) is 0 Å². The number of amides is 2. The molecule has 0 bridgehead atoms. The summed E-state index contributed by atoms with van der Waals surface area (Å²) in [6, 6.07) is 3.62. The van der Waals surface area contributed by atoms with Gasteiger partial charge < -0.3 is 29.4 Å². The van der Waals surface area contributed by atoms with E-state index in [0.29, 0.717) is 58.2 Å². The number of rotatable bonds is 7. The van der Waals surface area contributed by atoms with Crippen LogP contribution in [0.15, 0.2) is 24.5 Å². The van der Waals surface area contributed by atoms with Gasteiger partial charge in [0.1, 0.15) is 29.4 Å². The van der Waals surface area contributed by atoms with Crippen LogP contribution < -0.4 is 9.84 Å². The number of ether oxygens (including phenoxy) is 1. The Labute approximate surface area is 231 Å². The first-order valence-electron chi connectivity index (χ1n) is 13.6. The highest BCUT2D eigenvalue weighted by Crippen LogP contribution is 2.39. The number of alkyl halides is 2. The zero-order chi connectivity index (χ0) is 28.9. The van der Waals surface area contributed by atoms with Crippen LogP contribution in [0, 0.1) is 12.8 Å². The highest BCUT2D eigenvalue weighted by Gasteiger charge is 2.41. The highest BCUT2D eigenvalue weighted by molar-refractivity contribution is 6.09. The Morgan fingerprint density at radius 2 is 1.98 bits per heavy atom. The van der Waals surface area contributed by atoms with Gasteiger partial charge in [-0.05, 0) is 78.0 Å². The van der Waals surface area contributed by atoms with Gasteiger partial charge in [-0.15, -0.1) is 0 Å². The number of hydrogen-bond donors (Lipinski definition) is 1. The van der Waals surface area contributed by atoms with Gasteiger partial charge in [0.25, 0.3) is 12.3 Å². The molecule has 2 fully saturated rings. The van der Waals surface area contributed by atoms with Gasteiger partial charge in [-0.1, -0.05) is 0 Å². The molecule has 2 atom stereocenters. The van der Waals surface area contributed by atoms with Crippen molar-refractivity contribution in [3.8, 4) is 17.0 Å². The maximum atomic E-state index is 14.2. The van der Waals surface area contributed by atoms with Crippen LogP contribution in [0.5, 0.6) is 5.75 Å². The molecule has 1 saturated heterocycles. The fourth-order valence-corrected chi connectivity index (χ4v) is 5.66. The molecule has 2 aliphatic rings. The number of carbonyl (C=O) groups is 2. The number of aromatic nitrogens is 3. The average molecular weight is 555 g/mol. The second kappa shape index (κ2) is 10.3. The van der Waals surface area contributed by atoms with E-state index in [1.54, 1.807) is 24.8 Å². The molecule has 2 aromatic heterocycles. The van der Waals surface area contributed by atoms with E-state index < -0.39 is 18.1 Å². The summed E-state index contributed by atoms with van der Waals surface area (Å²) in [6.45, 7) is 9.91. The first kappa shape index (κ1) is 27.8. The van der Waals surface area contributed by atoms with Crippen molar-refractivity contribution in [2.24, 2.45) is 5.92 Å². The van der Waals surface area contributed by atoms with Crippen molar-refractivity contribution in [1.29, 1.82) is 0 Å². The van der Waals surface area contributed by atoms with Gasteiger partial charge in [0.2, 0.25) is 0 Å². The monoisotopic (exact) mass is 554 g/mol. The number of fused-ring (bicyclic) bond motifs is 1. The van der Waals surface area contributed by atoms with Crippen LogP contribution in [0.2, 0.25) is 0 Å². The number of benzene rings is 1. The Hall–Kier alpha value is -3.76. The number of aryl methyl sites for hydroxylation is 1. The first-order chi connectivity index (χ1) is 18.9. The van der Waals surface area contributed by atoms with E-state index in [-0.39, 0.29) is 30.1 Å². The molecule has 1 aliphatic heterocycles. The Balaban J connectivity index is 1.59. The third kappa shape index (κ3) is 5.21. The Kier molecular flexibility index (Phi) is 7.18. The van der Waals surface area contributed by atoms with Gasteiger partial charge in [0, 0.05) is 34.9 Å². The van der Waals surface area contributed by atoms with Crippen molar-refractivity contribution in [2.75, 3.05) is 13.2 Å². The van der Waals surface area contributed by atoms with Gasteiger partial charge in [0.15, 0.2) is 0 Å². The van der Waals surface area contributed by atoms with E-state index in [4.69, 9.17) is 4.74 Å². The SMILES string of the molecule is Cc1[nH]c2c(-c3cc(C(F)F)ccc3OCC3CC3)ncnc2c1C(=O)N([C@H]1C[C@H](C)N(C(=O)[O-])C1)C(C)(C)C. The van der Waals surface area contributed by atoms with Crippen molar-refractivity contribution in [3.63, 3.8) is 0 Å². The average Bonchev–Trinajstić information content (AvgIpc) is 3.53. The smallest absolute Gasteiger partial charge is 0.263 e. The molecule has 9 nitrogen and oxygen atoms in total. The zero-order valence-corrected chi connectivity index (χ0v) is 23.3. The first-order valence-corrected chi connectivity index (χ1v) is 13.6. The quantitative estimate of drug-likeness (QED) is 0.453. The topological polar surface area (TPSA) is 114 Å². The molecule has 3 aromatic rings. The van der Waals surface area contributed by atoms with E-state index in [1.807, 2.05) is 20.8 Å². The number of halogens is 2. The summed E-state index contributed by atoms with van der Waals surface area (Å²) in [5.74, 6) is 0.597. The van der Waals surface area contributed by atoms with E-state index in [0.717, 1.165) is 12.8 Å². The summed E-state index contributed by atoms with van der Waals surface area (Å²) in [7, 11) is 0. The van der Waals surface area contributed by atoms with Crippen LogP contribution in [0.1, 0.15) is 75.0 Å². The number of nitrogens with zero attached hydrogens (tertiary/aromatic N) is 4. The Morgan fingerprint density at radius 1 is 1.25 bits per heavy atom. The fourth-order valence-electron chi connectivity index (χ4n) is 5.66. The maximum absolute atomic E-state index is 14.2. The second-order valence-electron chi connectivity index (χ2n) is 11.9. The molecule has 11 heteroatoms. The molecule has 0 unspecified atom stereocenters. The number of nitrogens with one attached hydrogen (secondary N) is 1. The molecule has 1 N–H and O–H groups in total. The van der Waals surface area contributed by atoms with Crippen molar-refractivity contribution >= 4 is 23.0 Å². The van der Waals surface area contributed by atoms with Crippen LogP contribution in [0.4, 0.5) is 13.6 Å². The van der Waals surface area contributed by atoms with Crippen LogP contribution in [0.3, 0.4) is 0 Å². The summed E-state index contributed by atoms with van der Waals surface area (Å²) in [5, 5.41) is 11.6. The number of hydrogen-bond acceptors (Lipinski definition) is 6. The van der Waals surface area contributed by atoms with Crippen molar-refractivity contribution in [1.82, 2.24) is 24.8 Å². The third-order valence-electron chi connectivity index (χ3n) is 7.76. The fraction of sp³-hybridized carbons (Fsp3) is 0.517. The molecule has 0 radical (unpaired) electrons. The molecule has 1 aromatic carbocycles. The molecular weight excluding hydrogens is 520 g/mol. The van der Waals surface area contributed by atoms with Crippen molar-refractivity contribution in [2.45, 2.75) is 77.9 Å². The van der Waals surface area contributed by atoms with Crippen LogP contribution >= 0.6 is 0 Å². The Bertz CT molecular complexity index is 1450. The summed E-state index contributed by atoms with van der Waals surface area (Å²) >= 11 is 0. The van der Waals surface area contributed by atoms with Crippen LogP contribution in [-0.4, -0.2) is 67.5 Å². The number of H-pyrrole nitrogens is 1. The number of likely N-dealkylation sites (tertiary alicyclic amines) is 1. The second-order valence-corrected chi connectivity index (χ2v) is 11.9. The molecule has 0 spiro atoms. The van der Waals surface area contributed by atoms with E-state index in [2.05, 4.69) is 15.0 Å². The minimum atomic E-state index is -2.68. The van der Waals surface area contributed by atoms with Gasteiger partial charge in [-0.25, -0.2) is 18.7 Å². The molecule has 2 amide bonds. The molecule has 214 valence electrons. The van der Waals surface area contributed by atoms with Crippen molar-refractivity contribution in [3.05, 3.63) is 41.3 Å². The van der Waals surface area contributed by atoms with Crippen molar-refractivity contribution < 1.29 is 28.2 Å². The Morgan fingerprint density at radius 3 is 2.58 bits per heavy atom. The molecule has 5 rings (SSSR count). The lowest BCUT2D eigenvalue weighted by atomic mass is 9.98. The van der Waals surface area contributed by atoms with Gasteiger partial charge in [-0.2, -0.15) is 0 Å².